The number of aryl methyl sites for hydroxylation is 3. The molecule has 2 aromatic rings. The van der Waals surface area contributed by atoms with E-state index in [0.717, 1.165) is 33.9 Å². The smallest absolute Gasteiger partial charge is 0.303 e. The lowest BCUT2D eigenvalue weighted by molar-refractivity contribution is -0.136. The molecule has 5 nitrogen and oxygen atoms in total. The molecule has 5 heteroatoms. The number of methoxy groups -OCH3 is 1. The standard InChI is InChI=1S/C15H17NO4/c1-9-15(10(2)20-16-9)12-8-11(5-7-14(17)18)4-6-13(12)19-3/h4,6,8H,5,7H2,1-3H3,(H,17,18). The predicted octanol–water partition coefficient (Wildman–Crippen LogP) is 2.98. The molecule has 20 heavy (non-hydrogen) atoms. The Balaban J connectivity index is 2.44. The van der Waals surface area contributed by atoms with E-state index in [4.69, 9.17) is 14.4 Å². The lowest BCUT2D eigenvalue weighted by Crippen LogP contribution is -1.98. The van der Waals surface area contributed by atoms with E-state index < -0.39 is 5.97 Å². The van der Waals surface area contributed by atoms with Crippen molar-refractivity contribution < 1.29 is 19.2 Å². The number of carboxylic acid groups (broad SMARTS) is 1. The molecule has 0 aliphatic rings. The van der Waals surface area contributed by atoms with Crippen LogP contribution in [0.15, 0.2) is 22.7 Å². The van der Waals surface area contributed by atoms with E-state index in [9.17, 15) is 4.79 Å². The molecule has 1 heterocycles. The molecule has 0 unspecified atom stereocenters. The van der Waals surface area contributed by atoms with E-state index in [1.54, 1.807) is 7.11 Å². The van der Waals surface area contributed by atoms with Gasteiger partial charge in [0.25, 0.3) is 0 Å². The molecule has 1 aromatic carbocycles. The van der Waals surface area contributed by atoms with Gasteiger partial charge in [0.05, 0.1) is 18.4 Å². The highest BCUT2D eigenvalue weighted by Crippen LogP contribution is 2.35. The Morgan fingerprint density at radius 3 is 2.70 bits per heavy atom. The van der Waals surface area contributed by atoms with Crippen LogP contribution in [0.5, 0.6) is 5.75 Å². The molecule has 0 amide bonds. The third-order valence-corrected chi connectivity index (χ3v) is 3.19. The van der Waals surface area contributed by atoms with E-state index in [2.05, 4.69) is 5.16 Å². The maximum atomic E-state index is 10.7. The Morgan fingerprint density at radius 1 is 1.40 bits per heavy atom. The van der Waals surface area contributed by atoms with Crippen molar-refractivity contribution in [2.45, 2.75) is 26.7 Å². The third kappa shape index (κ3) is 2.82. The van der Waals surface area contributed by atoms with E-state index in [1.165, 1.54) is 0 Å². The fraction of sp³-hybridized carbons (Fsp3) is 0.333. The van der Waals surface area contributed by atoms with Gasteiger partial charge in [0, 0.05) is 12.0 Å². The Labute approximate surface area is 117 Å². The minimum absolute atomic E-state index is 0.105. The van der Waals surface area contributed by atoms with Crippen molar-refractivity contribution in [2.75, 3.05) is 7.11 Å². The lowest BCUT2D eigenvalue weighted by atomic mass is 9.98. The number of hydrogen-bond acceptors (Lipinski definition) is 4. The number of ether oxygens (including phenoxy) is 1. The fourth-order valence-electron chi connectivity index (χ4n) is 2.22. The van der Waals surface area contributed by atoms with E-state index in [0.29, 0.717) is 6.42 Å². The van der Waals surface area contributed by atoms with Gasteiger partial charge in [0.15, 0.2) is 0 Å². The van der Waals surface area contributed by atoms with Gasteiger partial charge >= 0.3 is 5.97 Å². The van der Waals surface area contributed by atoms with Crippen molar-refractivity contribution in [3.05, 3.63) is 35.2 Å². The van der Waals surface area contributed by atoms with Crippen LogP contribution in [0.3, 0.4) is 0 Å². The summed E-state index contributed by atoms with van der Waals surface area (Å²) in [6.45, 7) is 3.72. The molecule has 0 fully saturated rings. The number of carbonyl (C=O) groups is 1. The second-order valence-electron chi connectivity index (χ2n) is 4.63. The molecule has 106 valence electrons. The van der Waals surface area contributed by atoms with Crippen LogP contribution in [0.4, 0.5) is 0 Å². The van der Waals surface area contributed by atoms with Gasteiger partial charge in [-0.2, -0.15) is 0 Å². The predicted molar refractivity (Wildman–Crippen MR) is 73.9 cm³/mol. The summed E-state index contributed by atoms with van der Waals surface area (Å²) in [6.07, 6.45) is 0.586. The van der Waals surface area contributed by atoms with Crippen molar-refractivity contribution in [3.63, 3.8) is 0 Å². The van der Waals surface area contributed by atoms with Gasteiger partial charge in [-0.3, -0.25) is 4.79 Å². The van der Waals surface area contributed by atoms with Crippen LogP contribution in [-0.4, -0.2) is 23.3 Å². The van der Waals surface area contributed by atoms with Crippen LogP contribution in [0.25, 0.3) is 11.1 Å². The largest absolute Gasteiger partial charge is 0.496 e. The lowest BCUT2D eigenvalue weighted by Gasteiger charge is -2.10. The minimum Gasteiger partial charge on any atom is -0.496 e. The number of carboxylic acids is 1. The summed E-state index contributed by atoms with van der Waals surface area (Å²) in [5, 5.41) is 12.7. The molecular weight excluding hydrogens is 258 g/mol. The van der Waals surface area contributed by atoms with Crippen molar-refractivity contribution in [3.8, 4) is 16.9 Å². The summed E-state index contributed by atoms with van der Waals surface area (Å²) in [4.78, 5) is 10.7. The topological polar surface area (TPSA) is 72.6 Å². The second kappa shape index (κ2) is 5.77. The highest BCUT2D eigenvalue weighted by molar-refractivity contribution is 5.74. The zero-order valence-electron chi connectivity index (χ0n) is 11.8. The molecule has 0 saturated heterocycles. The van der Waals surface area contributed by atoms with Gasteiger partial charge in [-0.15, -0.1) is 0 Å². The normalized spacial score (nSPS) is 10.6. The monoisotopic (exact) mass is 275 g/mol. The van der Waals surface area contributed by atoms with Crippen molar-refractivity contribution >= 4 is 5.97 Å². The number of aromatic nitrogens is 1. The van der Waals surface area contributed by atoms with Crippen molar-refractivity contribution in [1.82, 2.24) is 5.16 Å². The average Bonchev–Trinajstić information content (AvgIpc) is 2.75. The summed E-state index contributed by atoms with van der Waals surface area (Å²) >= 11 is 0. The molecule has 0 aliphatic carbocycles. The first-order valence-corrected chi connectivity index (χ1v) is 6.35. The minimum atomic E-state index is -0.806. The summed E-state index contributed by atoms with van der Waals surface area (Å²) in [6, 6.07) is 5.66. The summed E-state index contributed by atoms with van der Waals surface area (Å²) in [5.41, 5.74) is 3.52. The number of nitrogens with zero attached hydrogens (tertiary/aromatic N) is 1. The van der Waals surface area contributed by atoms with E-state index >= 15 is 0 Å². The quantitative estimate of drug-likeness (QED) is 0.908. The zero-order chi connectivity index (χ0) is 14.7. The first-order valence-electron chi connectivity index (χ1n) is 6.35. The van der Waals surface area contributed by atoms with Gasteiger partial charge in [0.1, 0.15) is 11.5 Å². The van der Waals surface area contributed by atoms with Crippen molar-refractivity contribution in [2.24, 2.45) is 0 Å². The second-order valence-corrected chi connectivity index (χ2v) is 4.63. The van der Waals surface area contributed by atoms with Crippen LogP contribution in [0.1, 0.15) is 23.4 Å². The molecule has 0 aliphatic heterocycles. The molecule has 1 aromatic heterocycles. The molecule has 2 rings (SSSR count). The number of rotatable bonds is 5. The highest BCUT2D eigenvalue weighted by atomic mass is 16.5. The van der Waals surface area contributed by atoms with Crippen LogP contribution >= 0.6 is 0 Å². The van der Waals surface area contributed by atoms with Crippen LogP contribution in [0, 0.1) is 13.8 Å². The van der Waals surface area contributed by atoms with Gasteiger partial charge in [-0.25, -0.2) is 0 Å². The number of hydrogen-bond donors (Lipinski definition) is 1. The maximum Gasteiger partial charge on any atom is 0.303 e. The SMILES string of the molecule is COc1ccc(CCC(=O)O)cc1-c1c(C)noc1C. The average molecular weight is 275 g/mol. The van der Waals surface area contributed by atoms with Crippen LogP contribution < -0.4 is 4.74 Å². The fourth-order valence-corrected chi connectivity index (χ4v) is 2.22. The molecule has 0 radical (unpaired) electrons. The third-order valence-electron chi connectivity index (χ3n) is 3.19. The molecule has 1 N–H and O–H groups in total. The first kappa shape index (κ1) is 14.1. The van der Waals surface area contributed by atoms with Gasteiger partial charge in [-0.1, -0.05) is 11.2 Å². The zero-order valence-corrected chi connectivity index (χ0v) is 11.8. The highest BCUT2D eigenvalue weighted by Gasteiger charge is 2.16. The van der Waals surface area contributed by atoms with E-state index in [1.807, 2.05) is 32.0 Å². The molecule has 0 bridgehead atoms. The van der Waals surface area contributed by atoms with Gasteiger partial charge in [0.2, 0.25) is 0 Å². The molecule has 0 saturated carbocycles. The van der Waals surface area contributed by atoms with Crippen LogP contribution in [-0.2, 0) is 11.2 Å². The van der Waals surface area contributed by atoms with Crippen molar-refractivity contribution in [1.29, 1.82) is 0 Å². The van der Waals surface area contributed by atoms with Gasteiger partial charge in [-0.05, 0) is 38.0 Å². The summed E-state index contributed by atoms with van der Waals surface area (Å²) in [7, 11) is 1.61. The number of aliphatic carboxylic acids is 1. The molecule has 0 atom stereocenters. The Morgan fingerprint density at radius 2 is 2.15 bits per heavy atom. The summed E-state index contributed by atoms with van der Waals surface area (Å²) in [5.74, 6) is 0.634. The first-order chi connectivity index (χ1) is 9.52. The Kier molecular flexibility index (Phi) is 4.08. The Bertz CT molecular complexity index is 611. The molecule has 0 spiro atoms. The van der Waals surface area contributed by atoms with E-state index in [-0.39, 0.29) is 6.42 Å². The maximum absolute atomic E-state index is 10.7. The number of benzene rings is 1. The molecular formula is C15H17NO4. The summed E-state index contributed by atoms with van der Waals surface area (Å²) < 4.78 is 10.6. The van der Waals surface area contributed by atoms with Gasteiger partial charge < -0.3 is 14.4 Å². The van der Waals surface area contributed by atoms with Crippen LogP contribution in [0.2, 0.25) is 0 Å². The Hall–Kier alpha value is -2.30.